The summed E-state index contributed by atoms with van der Waals surface area (Å²) in [6.45, 7) is 9.04. The van der Waals surface area contributed by atoms with Gasteiger partial charge in [-0.25, -0.2) is 4.85 Å². The molecule has 12 rings (SSSR count). The lowest BCUT2D eigenvalue weighted by Gasteiger charge is -2.22. The van der Waals surface area contributed by atoms with Crippen LogP contribution < -0.4 is 0 Å². The number of benzene rings is 8. The second-order valence-electron chi connectivity index (χ2n) is 16.7. The molecule has 0 aliphatic rings. The number of para-hydroxylation sites is 2. The Balaban J connectivity index is 1.11. The highest BCUT2D eigenvalue weighted by Crippen LogP contribution is 2.48. The van der Waals surface area contributed by atoms with Gasteiger partial charge in [-0.1, -0.05) is 133 Å². The molecule has 0 spiro atoms. The molecule has 0 aliphatic heterocycles. The van der Waals surface area contributed by atoms with Crippen LogP contribution in [0.3, 0.4) is 0 Å². The van der Waals surface area contributed by atoms with E-state index in [1.165, 1.54) is 12.1 Å². The van der Waals surface area contributed by atoms with Crippen LogP contribution in [0, 0.1) is 6.57 Å². The number of alkyl halides is 3. The molecule has 0 aliphatic carbocycles. The summed E-state index contributed by atoms with van der Waals surface area (Å²) in [4.78, 5) is 13.6. The summed E-state index contributed by atoms with van der Waals surface area (Å²) in [5, 5.41) is 3.73. The Morgan fingerprint density at radius 3 is 1.43 bits per heavy atom. The van der Waals surface area contributed by atoms with Crippen LogP contribution in [0.15, 0.2) is 219 Å². The number of pyridine rings is 2. The Kier molecular flexibility index (Phi) is 9.59. The fourth-order valence-electron chi connectivity index (χ4n) is 9.83. The van der Waals surface area contributed by atoms with E-state index in [9.17, 15) is 0 Å². The molecular weight excluding hydrogens is 848 g/mol. The number of hydrogen-bond acceptors (Lipinski definition) is 2. The summed E-state index contributed by atoms with van der Waals surface area (Å²) in [7, 11) is 0. The van der Waals surface area contributed by atoms with Crippen LogP contribution in [-0.2, 0) is 6.18 Å². The predicted molar refractivity (Wildman–Crippen MR) is 269 cm³/mol. The standard InChI is InChI=1S/C60H36F3N5/c1-64-58-57(67-53-22-12-9-19-45(53)48-34-40(24-27-55(48)67)42-30-32-65-51(36-42)38-14-4-2-5-15-38)29-26-47(44-18-8-11-21-50(44)60(61,62)63)59(58)68-54-23-13-10-20-46(54)49-35-41(25-28-56(49)68)43-31-33-66-52(37-43)39-16-6-3-7-17-39/h2-37H. The highest BCUT2D eigenvalue weighted by molar-refractivity contribution is 6.14. The molecule has 0 radical (unpaired) electrons. The molecule has 0 bridgehead atoms. The Morgan fingerprint density at radius 2 is 0.868 bits per heavy atom. The maximum atomic E-state index is 15.1. The van der Waals surface area contributed by atoms with Gasteiger partial charge in [0, 0.05) is 45.1 Å². The minimum Gasteiger partial charge on any atom is -0.319 e. The maximum absolute atomic E-state index is 15.1. The van der Waals surface area contributed by atoms with Crippen LogP contribution in [0.1, 0.15) is 5.56 Å². The van der Waals surface area contributed by atoms with Crippen molar-refractivity contribution in [3.8, 4) is 67.3 Å². The Hall–Kier alpha value is -9.06. The second kappa shape index (κ2) is 16.1. The molecule has 4 heterocycles. The first-order valence-corrected chi connectivity index (χ1v) is 22.2. The Bertz CT molecular complexity index is 3970. The quantitative estimate of drug-likeness (QED) is 0.150. The van der Waals surface area contributed by atoms with E-state index in [2.05, 4.69) is 61.8 Å². The lowest BCUT2D eigenvalue weighted by atomic mass is 9.95. The van der Waals surface area contributed by atoms with Gasteiger partial charge >= 0.3 is 6.18 Å². The lowest BCUT2D eigenvalue weighted by molar-refractivity contribution is -0.137. The van der Waals surface area contributed by atoms with E-state index >= 15 is 13.2 Å². The normalized spacial score (nSPS) is 11.7. The van der Waals surface area contributed by atoms with Crippen LogP contribution in [0.2, 0.25) is 0 Å². The molecular formula is C60H36F3N5. The van der Waals surface area contributed by atoms with Crippen LogP contribution in [0.25, 0.3) is 116 Å². The van der Waals surface area contributed by atoms with Gasteiger partial charge in [-0.3, -0.25) is 9.97 Å². The first kappa shape index (κ1) is 40.4. The van der Waals surface area contributed by atoms with Crippen molar-refractivity contribution in [1.29, 1.82) is 0 Å². The van der Waals surface area contributed by atoms with E-state index in [1.54, 1.807) is 24.4 Å². The van der Waals surface area contributed by atoms with Gasteiger partial charge < -0.3 is 9.13 Å². The highest BCUT2D eigenvalue weighted by Gasteiger charge is 2.35. The van der Waals surface area contributed by atoms with Crippen LogP contribution in [-0.4, -0.2) is 19.1 Å². The molecule has 4 aromatic heterocycles. The van der Waals surface area contributed by atoms with Crippen molar-refractivity contribution < 1.29 is 13.2 Å². The third-order valence-electron chi connectivity index (χ3n) is 12.9. The van der Waals surface area contributed by atoms with Crippen molar-refractivity contribution in [2.45, 2.75) is 6.18 Å². The first-order chi connectivity index (χ1) is 33.3. The highest BCUT2D eigenvalue weighted by atomic mass is 19.4. The first-order valence-electron chi connectivity index (χ1n) is 22.2. The molecule has 0 saturated heterocycles. The zero-order valence-electron chi connectivity index (χ0n) is 36.2. The van der Waals surface area contributed by atoms with Gasteiger partial charge in [0.15, 0.2) is 0 Å². The SMILES string of the molecule is [C-]#[N+]c1c(-n2c3ccccc3c3cc(-c4ccnc(-c5ccccc5)c4)ccc32)ccc(-c2ccccc2C(F)(F)F)c1-n1c2ccccc2c2cc(-c3ccnc(-c4ccccc4)c3)ccc21. The van der Waals surface area contributed by atoms with Gasteiger partial charge in [-0.2, -0.15) is 13.2 Å². The van der Waals surface area contributed by atoms with Crippen molar-refractivity contribution in [2.75, 3.05) is 0 Å². The van der Waals surface area contributed by atoms with Crippen molar-refractivity contribution in [3.05, 3.63) is 236 Å². The van der Waals surface area contributed by atoms with E-state index in [0.717, 1.165) is 94.4 Å². The van der Waals surface area contributed by atoms with Gasteiger partial charge in [0.2, 0.25) is 5.69 Å². The van der Waals surface area contributed by atoms with Gasteiger partial charge in [0.05, 0.1) is 57.0 Å². The molecule has 8 heteroatoms. The molecule has 0 saturated carbocycles. The van der Waals surface area contributed by atoms with E-state index < -0.39 is 11.7 Å². The molecule has 68 heavy (non-hydrogen) atoms. The summed E-state index contributed by atoms with van der Waals surface area (Å²) < 4.78 is 49.3. The van der Waals surface area contributed by atoms with E-state index in [0.29, 0.717) is 11.4 Å². The molecule has 0 unspecified atom stereocenters. The molecule has 0 amide bonds. The zero-order chi connectivity index (χ0) is 45.9. The summed E-state index contributed by atoms with van der Waals surface area (Å²) >= 11 is 0. The molecule has 0 fully saturated rings. The minimum absolute atomic E-state index is 0.0154. The second-order valence-corrected chi connectivity index (χ2v) is 16.7. The molecule has 322 valence electrons. The zero-order valence-corrected chi connectivity index (χ0v) is 36.2. The summed E-state index contributed by atoms with van der Waals surface area (Å²) in [6, 6.07) is 65.8. The van der Waals surface area contributed by atoms with Crippen LogP contribution in [0.4, 0.5) is 18.9 Å². The fraction of sp³-hybridized carbons (Fsp3) is 0.0167. The third kappa shape index (κ3) is 6.71. The average molecular weight is 884 g/mol. The fourth-order valence-corrected chi connectivity index (χ4v) is 9.83. The number of hydrogen-bond donors (Lipinski definition) is 0. The Labute approximate surface area is 389 Å². The Morgan fingerprint density at radius 1 is 0.397 bits per heavy atom. The van der Waals surface area contributed by atoms with Gasteiger partial charge in [0.25, 0.3) is 0 Å². The average Bonchev–Trinajstić information content (AvgIpc) is 3.90. The summed E-state index contributed by atoms with van der Waals surface area (Å²) in [5.41, 5.74) is 11.5. The van der Waals surface area contributed by atoms with Crippen LogP contribution in [0.5, 0.6) is 0 Å². The van der Waals surface area contributed by atoms with Crippen molar-refractivity contribution in [1.82, 2.24) is 19.1 Å². The maximum Gasteiger partial charge on any atom is 0.417 e. The van der Waals surface area contributed by atoms with Crippen LogP contribution >= 0.6 is 0 Å². The van der Waals surface area contributed by atoms with Gasteiger partial charge in [-0.05, 0) is 106 Å². The number of aromatic nitrogens is 4. The topological polar surface area (TPSA) is 40.0 Å². The van der Waals surface area contributed by atoms with Crippen molar-refractivity contribution >= 4 is 49.3 Å². The van der Waals surface area contributed by atoms with Crippen molar-refractivity contribution in [3.63, 3.8) is 0 Å². The molecule has 12 aromatic rings. The van der Waals surface area contributed by atoms with Crippen molar-refractivity contribution in [2.24, 2.45) is 0 Å². The number of nitrogens with zero attached hydrogens (tertiary/aromatic N) is 5. The molecule has 8 aromatic carbocycles. The monoisotopic (exact) mass is 883 g/mol. The molecule has 0 atom stereocenters. The van der Waals surface area contributed by atoms with E-state index in [1.807, 2.05) is 138 Å². The molecule has 0 N–H and O–H groups in total. The summed E-state index contributed by atoms with van der Waals surface area (Å²) in [5.74, 6) is 0. The number of fused-ring (bicyclic) bond motifs is 6. The minimum atomic E-state index is -4.66. The van der Waals surface area contributed by atoms with E-state index in [4.69, 9.17) is 6.57 Å². The van der Waals surface area contributed by atoms with Gasteiger partial charge in [0.1, 0.15) is 0 Å². The number of rotatable bonds is 7. The molecule has 5 nitrogen and oxygen atoms in total. The third-order valence-corrected chi connectivity index (χ3v) is 12.9. The largest absolute Gasteiger partial charge is 0.417 e. The lowest BCUT2D eigenvalue weighted by Crippen LogP contribution is -2.09. The number of halogens is 3. The predicted octanol–water partition coefficient (Wildman–Crippen LogP) is 16.6. The van der Waals surface area contributed by atoms with Gasteiger partial charge in [-0.15, -0.1) is 0 Å². The smallest absolute Gasteiger partial charge is 0.319 e. The van der Waals surface area contributed by atoms with E-state index in [-0.39, 0.29) is 16.8 Å². The summed E-state index contributed by atoms with van der Waals surface area (Å²) in [6.07, 6.45) is -1.03.